The standard InChI is InChI=1S/C23H36N4O3.HI/c1-3-24-23(25-14-16-30-21-11-9-20(29-2)10-12-21)26-19-13-15-27(17-19)22(28)18-7-5-4-6-8-18;/h9-12,18-19H,3-8,13-17H2,1-2H3,(H2,24,25,26);1H. The number of hydrogen-bond acceptors (Lipinski definition) is 4. The van der Waals surface area contributed by atoms with E-state index in [1.54, 1.807) is 7.11 Å². The number of amides is 1. The molecule has 1 saturated carbocycles. The first-order chi connectivity index (χ1) is 14.7. The Balaban J connectivity index is 0.00000341. The molecule has 2 fully saturated rings. The molecule has 3 rings (SSSR count). The van der Waals surface area contributed by atoms with Gasteiger partial charge in [-0.15, -0.1) is 24.0 Å². The average Bonchev–Trinajstić information content (AvgIpc) is 3.25. The van der Waals surface area contributed by atoms with Gasteiger partial charge in [-0.25, -0.2) is 4.99 Å². The van der Waals surface area contributed by atoms with Crippen molar-refractivity contribution in [1.29, 1.82) is 0 Å². The Morgan fingerprint density at radius 3 is 2.52 bits per heavy atom. The van der Waals surface area contributed by atoms with Crippen LogP contribution in [-0.4, -0.2) is 62.7 Å². The van der Waals surface area contributed by atoms with E-state index in [1.165, 1.54) is 19.3 Å². The van der Waals surface area contributed by atoms with Crippen molar-refractivity contribution < 1.29 is 14.3 Å². The molecule has 0 aromatic heterocycles. The van der Waals surface area contributed by atoms with Crippen molar-refractivity contribution in [1.82, 2.24) is 15.5 Å². The molecule has 31 heavy (non-hydrogen) atoms. The van der Waals surface area contributed by atoms with Gasteiger partial charge in [0.15, 0.2) is 5.96 Å². The Kier molecular flexibility index (Phi) is 11.2. The minimum absolute atomic E-state index is 0. The van der Waals surface area contributed by atoms with Crippen LogP contribution in [0.25, 0.3) is 0 Å². The van der Waals surface area contributed by atoms with Gasteiger partial charge < -0.3 is 25.0 Å². The molecule has 1 heterocycles. The Morgan fingerprint density at radius 2 is 1.84 bits per heavy atom. The number of halogens is 1. The van der Waals surface area contributed by atoms with Gasteiger partial charge in [-0.2, -0.15) is 0 Å². The summed E-state index contributed by atoms with van der Waals surface area (Å²) >= 11 is 0. The molecule has 174 valence electrons. The largest absolute Gasteiger partial charge is 0.497 e. The van der Waals surface area contributed by atoms with Gasteiger partial charge >= 0.3 is 0 Å². The number of aliphatic imine (C=N–C) groups is 1. The molecule has 0 radical (unpaired) electrons. The topological polar surface area (TPSA) is 75.2 Å². The van der Waals surface area contributed by atoms with Crippen molar-refractivity contribution in [3.8, 4) is 11.5 Å². The lowest BCUT2D eigenvalue weighted by molar-refractivity contribution is -0.135. The van der Waals surface area contributed by atoms with Crippen LogP contribution < -0.4 is 20.1 Å². The summed E-state index contributed by atoms with van der Waals surface area (Å²) in [5, 5.41) is 6.79. The maximum atomic E-state index is 12.8. The van der Waals surface area contributed by atoms with Crippen LogP contribution in [0.5, 0.6) is 11.5 Å². The number of nitrogens with one attached hydrogen (secondary N) is 2. The van der Waals surface area contributed by atoms with Gasteiger partial charge in [-0.05, 0) is 50.5 Å². The number of benzene rings is 1. The summed E-state index contributed by atoms with van der Waals surface area (Å²) in [5.41, 5.74) is 0. The lowest BCUT2D eigenvalue weighted by Gasteiger charge is -2.26. The number of likely N-dealkylation sites (tertiary alicyclic amines) is 1. The number of rotatable bonds is 8. The smallest absolute Gasteiger partial charge is 0.225 e. The zero-order valence-corrected chi connectivity index (χ0v) is 21.1. The third kappa shape index (κ3) is 8.05. The van der Waals surface area contributed by atoms with Crippen LogP contribution in [0.2, 0.25) is 0 Å². The molecule has 1 unspecified atom stereocenters. The molecule has 7 nitrogen and oxygen atoms in total. The predicted molar refractivity (Wildman–Crippen MR) is 135 cm³/mol. The highest BCUT2D eigenvalue weighted by molar-refractivity contribution is 14.0. The maximum absolute atomic E-state index is 12.8. The second-order valence-electron chi connectivity index (χ2n) is 8.03. The first-order valence-corrected chi connectivity index (χ1v) is 11.3. The summed E-state index contributed by atoms with van der Waals surface area (Å²) < 4.78 is 10.9. The van der Waals surface area contributed by atoms with E-state index in [-0.39, 0.29) is 35.9 Å². The number of carbonyl (C=O) groups is 1. The second kappa shape index (κ2) is 13.6. The molecule has 1 amide bonds. The van der Waals surface area contributed by atoms with Crippen LogP contribution in [0, 0.1) is 5.92 Å². The van der Waals surface area contributed by atoms with Gasteiger partial charge in [0.25, 0.3) is 0 Å². The molecule has 2 aliphatic rings. The Labute approximate surface area is 203 Å². The molecule has 1 atom stereocenters. The van der Waals surface area contributed by atoms with Crippen molar-refractivity contribution >= 4 is 35.8 Å². The lowest BCUT2D eigenvalue weighted by Crippen LogP contribution is -2.45. The molecule has 1 aliphatic carbocycles. The quantitative estimate of drug-likeness (QED) is 0.227. The molecule has 2 N–H and O–H groups in total. The SMILES string of the molecule is CCNC(=NCCOc1ccc(OC)cc1)NC1CCN(C(=O)C2CCCCC2)C1.I. The van der Waals surface area contributed by atoms with Crippen LogP contribution in [0.15, 0.2) is 29.3 Å². The summed E-state index contributed by atoms with van der Waals surface area (Å²) in [4.78, 5) is 19.4. The third-order valence-corrected chi connectivity index (χ3v) is 5.83. The number of carbonyl (C=O) groups excluding carboxylic acids is 1. The first kappa shape index (κ1) is 25.5. The third-order valence-electron chi connectivity index (χ3n) is 5.83. The van der Waals surface area contributed by atoms with E-state index < -0.39 is 0 Å². The summed E-state index contributed by atoms with van der Waals surface area (Å²) in [7, 11) is 1.65. The zero-order valence-electron chi connectivity index (χ0n) is 18.8. The van der Waals surface area contributed by atoms with Gasteiger partial charge in [0.1, 0.15) is 18.1 Å². The highest BCUT2D eigenvalue weighted by Gasteiger charge is 2.31. The predicted octanol–water partition coefficient (Wildman–Crippen LogP) is 3.43. The molecule has 1 aromatic carbocycles. The fourth-order valence-corrected chi connectivity index (χ4v) is 4.19. The maximum Gasteiger partial charge on any atom is 0.225 e. The van der Waals surface area contributed by atoms with Gasteiger partial charge in [0.2, 0.25) is 5.91 Å². The van der Waals surface area contributed by atoms with Gasteiger partial charge in [0.05, 0.1) is 13.7 Å². The molecular weight excluding hydrogens is 507 g/mol. The minimum Gasteiger partial charge on any atom is -0.497 e. The summed E-state index contributed by atoms with van der Waals surface area (Å²) in [6, 6.07) is 7.79. The fraction of sp³-hybridized carbons (Fsp3) is 0.652. The Bertz CT molecular complexity index is 693. The number of methoxy groups -OCH3 is 1. The van der Waals surface area contributed by atoms with E-state index in [4.69, 9.17) is 9.47 Å². The van der Waals surface area contributed by atoms with Crippen molar-refractivity contribution in [2.45, 2.75) is 51.5 Å². The lowest BCUT2D eigenvalue weighted by atomic mass is 9.88. The van der Waals surface area contributed by atoms with E-state index in [1.807, 2.05) is 29.2 Å². The zero-order chi connectivity index (χ0) is 21.2. The molecule has 0 spiro atoms. The molecule has 0 bridgehead atoms. The molecule has 1 aliphatic heterocycles. The van der Waals surface area contributed by atoms with Gasteiger partial charge in [-0.1, -0.05) is 19.3 Å². The normalized spacial score (nSPS) is 19.5. The number of nitrogens with zero attached hydrogens (tertiary/aromatic N) is 2. The van der Waals surface area contributed by atoms with Crippen LogP contribution in [0.4, 0.5) is 0 Å². The van der Waals surface area contributed by atoms with Crippen LogP contribution in [0.3, 0.4) is 0 Å². The monoisotopic (exact) mass is 544 g/mol. The number of hydrogen-bond donors (Lipinski definition) is 2. The van der Waals surface area contributed by atoms with Crippen molar-refractivity contribution in [3.63, 3.8) is 0 Å². The summed E-state index contributed by atoms with van der Waals surface area (Å²) in [5.74, 6) is 3.00. The highest BCUT2D eigenvalue weighted by Crippen LogP contribution is 2.26. The number of ether oxygens (including phenoxy) is 2. The van der Waals surface area contributed by atoms with E-state index in [0.29, 0.717) is 19.1 Å². The van der Waals surface area contributed by atoms with Crippen molar-refractivity contribution in [3.05, 3.63) is 24.3 Å². The number of guanidine groups is 1. The second-order valence-corrected chi connectivity index (χ2v) is 8.03. The summed E-state index contributed by atoms with van der Waals surface area (Å²) in [6.07, 6.45) is 6.75. The van der Waals surface area contributed by atoms with Crippen molar-refractivity contribution in [2.75, 3.05) is 39.9 Å². The first-order valence-electron chi connectivity index (χ1n) is 11.3. The minimum atomic E-state index is 0. The molecule has 1 aromatic rings. The van der Waals surface area contributed by atoms with E-state index in [9.17, 15) is 4.79 Å². The highest BCUT2D eigenvalue weighted by atomic mass is 127. The van der Waals surface area contributed by atoms with E-state index in [0.717, 1.165) is 56.4 Å². The van der Waals surface area contributed by atoms with E-state index in [2.05, 4.69) is 22.5 Å². The van der Waals surface area contributed by atoms with Gasteiger partial charge in [0, 0.05) is 31.6 Å². The molecule has 8 heteroatoms. The molecular formula is C23H37IN4O3. The average molecular weight is 544 g/mol. The summed E-state index contributed by atoms with van der Waals surface area (Å²) in [6.45, 7) is 5.51. The Morgan fingerprint density at radius 1 is 1.13 bits per heavy atom. The van der Waals surface area contributed by atoms with Gasteiger partial charge in [-0.3, -0.25) is 4.79 Å². The van der Waals surface area contributed by atoms with Crippen LogP contribution in [0.1, 0.15) is 45.4 Å². The fourth-order valence-electron chi connectivity index (χ4n) is 4.19. The Hall–Kier alpha value is -1.71. The van der Waals surface area contributed by atoms with Crippen molar-refractivity contribution in [2.24, 2.45) is 10.9 Å². The van der Waals surface area contributed by atoms with E-state index >= 15 is 0 Å². The molecule has 1 saturated heterocycles. The van der Waals surface area contributed by atoms with Crippen LogP contribution in [-0.2, 0) is 4.79 Å². The van der Waals surface area contributed by atoms with Crippen LogP contribution >= 0.6 is 24.0 Å².